The lowest BCUT2D eigenvalue weighted by Gasteiger charge is -2.24. The first-order valence-corrected chi connectivity index (χ1v) is 9.83. The van der Waals surface area contributed by atoms with Gasteiger partial charge >= 0.3 is 0 Å². The van der Waals surface area contributed by atoms with Crippen LogP contribution in [0, 0.1) is 0 Å². The quantitative estimate of drug-likeness (QED) is 0.430. The molecule has 1 aromatic heterocycles. The van der Waals surface area contributed by atoms with E-state index in [1.807, 2.05) is 27.7 Å². The second-order valence-electron chi connectivity index (χ2n) is 9.32. The highest BCUT2D eigenvalue weighted by molar-refractivity contribution is 6.00. The van der Waals surface area contributed by atoms with Crippen LogP contribution < -0.4 is 14.9 Å². The van der Waals surface area contributed by atoms with E-state index in [0.29, 0.717) is 22.5 Å². The first kappa shape index (κ1) is 18.2. The van der Waals surface area contributed by atoms with Crippen LogP contribution in [0.25, 0.3) is 21.9 Å². The number of hydrogen-bond acceptors (Lipinski definition) is 6. The lowest BCUT2D eigenvalue weighted by molar-refractivity contribution is 0.174. The molecule has 2 aromatic carbocycles. The predicted molar refractivity (Wildman–Crippen MR) is 110 cm³/mol. The third-order valence-corrected chi connectivity index (χ3v) is 7.06. The molecular formula is C23H24O6. The van der Waals surface area contributed by atoms with E-state index in [-0.39, 0.29) is 39.8 Å². The second-order valence-corrected chi connectivity index (χ2v) is 9.32. The van der Waals surface area contributed by atoms with E-state index in [0.717, 1.165) is 11.1 Å². The van der Waals surface area contributed by atoms with Gasteiger partial charge in [0.05, 0.1) is 5.39 Å². The van der Waals surface area contributed by atoms with Crippen molar-refractivity contribution in [3.63, 3.8) is 0 Å². The molecule has 0 radical (unpaired) electrons. The maximum Gasteiger partial charge on any atom is 0.204 e. The van der Waals surface area contributed by atoms with Crippen molar-refractivity contribution in [2.75, 3.05) is 0 Å². The predicted octanol–water partition coefficient (Wildman–Crippen LogP) is 4.47. The average molecular weight is 396 g/mol. The van der Waals surface area contributed by atoms with E-state index in [1.54, 1.807) is 0 Å². The van der Waals surface area contributed by atoms with E-state index >= 15 is 0 Å². The Kier molecular flexibility index (Phi) is 3.24. The molecule has 3 heterocycles. The molecule has 0 fully saturated rings. The van der Waals surface area contributed by atoms with Crippen molar-refractivity contribution in [3.05, 3.63) is 33.5 Å². The van der Waals surface area contributed by atoms with Crippen LogP contribution in [0.5, 0.6) is 23.0 Å². The zero-order chi connectivity index (χ0) is 21.0. The third kappa shape index (κ3) is 1.99. The van der Waals surface area contributed by atoms with Gasteiger partial charge < -0.3 is 24.1 Å². The average Bonchev–Trinajstić information content (AvgIpc) is 3.01. The summed E-state index contributed by atoms with van der Waals surface area (Å²) in [7, 11) is 0. The fourth-order valence-electron chi connectivity index (χ4n) is 4.53. The number of fused-ring (bicyclic) bond motifs is 7. The summed E-state index contributed by atoms with van der Waals surface area (Å²) in [4.78, 5) is 13.5. The molecule has 152 valence electrons. The highest BCUT2D eigenvalue weighted by Crippen LogP contribution is 2.58. The lowest BCUT2D eigenvalue weighted by atomic mass is 9.75. The number of aromatic hydroxyl groups is 2. The van der Waals surface area contributed by atoms with Crippen LogP contribution in [0.1, 0.15) is 52.7 Å². The molecule has 5 rings (SSSR count). The minimum Gasteiger partial charge on any atom is -0.504 e. The number of phenolic OH excluding ortho intramolecular Hbond substituents is 2. The zero-order valence-corrected chi connectivity index (χ0v) is 17.3. The summed E-state index contributed by atoms with van der Waals surface area (Å²) in [5.74, 6) is 0.397. The van der Waals surface area contributed by atoms with Crippen molar-refractivity contribution >= 4 is 21.9 Å². The molecule has 2 atom stereocenters. The summed E-state index contributed by atoms with van der Waals surface area (Å²) in [5.41, 5.74) is 0.913. The highest BCUT2D eigenvalue weighted by atomic mass is 16.5. The topological polar surface area (TPSA) is 89.1 Å². The van der Waals surface area contributed by atoms with Crippen LogP contribution in [0.3, 0.4) is 0 Å². The highest BCUT2D eigenvalue weighted by Gasteiger charge is 2.51. The van der Waals surface area contributed by atoms with Gasteiger partial charge in [0.1, 0.15) is 34.7 Å². The minimum absolute atomic E-state index is 0.0368. The standard InChI is InChI=1S/C23H24O6/c1-9-22(3,4)14-19(27-9)13-16(25)11-7-8-12(24)17(26)18(11)29-20(13)15-21(14)28-10(2)23(15,5)6/h7-10,24,26H,1-6H3/t9-,10-/m1/s1. The Morgan fingerprint density at radius 1 is 0.862 bits per heavy atom. The van der Waals surface area contributed by atoms with Crippen LogP contribution in [0.4, 0.5) is 0 Å². The van der Waals surface area contributed by atoms with Crippen molar-refractivity contribution in [1.29, 1.82) is 0 Å². The summed E-state index contributed by atoms with van der Waals surface area (Å²) in [6.07, 6.45) is -0.296. The Morgan fingerprint density at radius 3 is 2.10 bits per heavy atom. The fourth-order valence-corrected chi connectivity index (χ4v) is 4.53. The molecule has 0 unspecified atom stereocenters. The van der Waals surface area contributed by atoms with Gasteiger partial charge in [-0.15, -0.1) is 0 Å². The van der Waals surface area contributed by atoms with Gasteiger partial charge in [0.15, 0.2) is 11.3 Å². The van der Waals surface area contributed by atoms with E-state index in [1.165, 1.54) is 12.1 Å². The van der Waals surface area contributed by atoms with Crippen LogP contribution in [0.2, 0.25) is 0 Å². The Hall–Kier alpha value is -2.89. The Labute approximate surface area is 167 Å². The summed E-state index contributed by atoms with van der Waals surface area (Å²) in [6.45, 7) is 12.2. The van der Waals surface area contributed by atoms with Crippen molar-refractivity contribution in [2.24, 2.45) is 0 Å². The monoisotopic (exact) mass is 396 g/mol. The van der Waals surface area contributed by atoms with E-state index < -0.39 is 11.2 Å². The molecule has 0 amide bonds. The Balaban J connectivity index is 2.08. The largest absolute Gasteiger partial charge is 0.504 e. The van der Waals surface area contributed by atoms with Crippen molar-refractivity contribution < 1.29 is 24.1 Å². The van der Waals surface area contributed by atoms with Gasteiger partial charge in [-0.1, -0.05) is 27.7 Å². The minimum atomic E-state index is -0.449. The van der Waals surface area contributed by atoms with Gasteiger partial charge in [0, 0.05) is 22.0 Å². The summed E-state index contributed by atoms with van der Waals surface area (Å²) in [6, 6.07) is 2.75. The molecule has 0 bridgehead atoms. The fraction of sp³-hybridized carbons (Fsp3) is 0.435. The molecule has 0 aliphatic carbocycles. The molecule has 6 nitrogen and oxygen atoms in total. The Morgan fingerprint density at radius 2 is 1.45 bits per heavy atom. The molecule has 29 heavy (non-hydrogen) atoms. The van der Waals surface area contributed by atoms with Gasteiger partial charge in [0.2, 0.25) is 11.2 Å². The van der Waals surface area contributed by atoms with Crippen molar-refractivity contribution in [1.82, 2.24) is 0 Å². The van der Waals surface area contributed by atoms with Gasteiger partial charge in [-0.2, -0.15) is 0 Å². The number of ether oxygens (including phenoxy) is 2. The number of benzene rings is 2. The van der Waals surface area contributed by atoms with Crippen LogP contribution >= 0.6 is 0 Å². The molecule has 0 saturated heterocycles. The molecule has 2 N–H and O–H groups in total. The lowest BCUT2D eigenvalue weighted by Crippen LogP contribution is -2.29. The smallest absolute Gasteiger partial charge is 0.204 e. The van der Waals surface area contributed by atoms with E-state index in [4.69, 9.17) is 13.9 Å². The third-order valence-electron chi connectivity index (χ3n) is 7.06. The van der Waals surface area contributed by atoms with Gasteiger partial charge in [0.25, 0.3) is 0 Å². The number of rotatable bonds is 0. The molecule has 3 aromatic rings. The summed E-state index contributed by atoms with van der Waals surface area (Å²) >= 11 is 0. The van der Waals surface area contributed by atoms with Crippen molar-refractivity contribution in [2.45, 2.75) is 64.6 Å². The Bertz CT molecular complexity index is 1280. The van der Waals surface area contributed by atoms with Crippen LogP contribution in [-0.4, -0.2) is 22.4 Å². The van der Waals surface area contributed by atoms with Crippen LogP contribution in [0.15, 0.2) is 21.3 Å². The molecule has 2 aliphatic heterocycles. The van der Waals surface area contributed by atoms with Gasteiger partial charge in [-0.3, -0.25) is 4.79 Å². The maximum absolute atomic E-state index is 13.5. The first-order chi connectivity index (χ1) is 13.5. The molecule has 0 spiro atoms. The van der Waals surface area contributed by atoms with E-state index in [2.05, 4.69) is 13.8 Å². The maximum atomic E-state index is 13.5. The normalized spacial score (nSPS) is 23.7. The summed E-state index contributed by atoms with van der Waals surface area (Å²) in [5, 5.41) is 20.8. The van der Waals surface area contributed by atoms with E-state index in [9.17, 15) is 15.0 Å². The molecular weight excluding hydrogens is 372 g/mol. The van der Waals surface area contributed by atoms with Gasteiger partial charge in [-0.05, 0) is 26.0 Å². The SMILES string of the molecule is C[C@H]1Oc2c(c3c(c4oc5c(O)c(O)ccc5c(=O)c24)C(C)(C)[C@@H](C)O3)C1(C)C. The second kappa shape index (κ2) is 5.17. The summed E-state index contributed by atoms with van der Waals surface area (Å²) < 4.78 is 18.6. The van der Waals surface area contributed by atoms with Crippen LogP contribution in [-0.2, 0) is 10.8 Å². The number of phenols is 2. The molecule has 2 aliphatic rings. The van der Waals surface area contributed by atoms with Gasteiger partial charge in [-0.25, -0.2) is 0 Å². The zero-order valence-electron chi connectivity index (χ0n) is 17.3. The molecule has 6 heteroatoms. The molecule has 0 saturated carbocycles. The first-order valence-electron chi connectivity index (χ1n) is 9.83. The van der Waals surface area contributed by atoms with Crippen molar-refractivity contribution in [3.8, 4) is 23.0 Å². The number of hydrogen-bond donors (Lipinski definition) is 2.